The number of nitrogens with one attached hydrogen (secondary N) is 1. The predicted molar refractivity (Wildman–Crippen MR) is 74.2 cm³/mol. The van der Waals surface area contributed by atoms with E-state index >= 15 is 0 Å². The second-order valence-corrected chi connectivity index (χ2v) is 6.31. The number of likely N-dealkylation sites (tertiary alicyclic amines) is 1. The van der Waals surface area contributed by atoms with E-state index in [0.29, 0.717) is 0 Å². The average molecular weight is 236 g/mol. The van der Waals surface area contributed by atoms with E-state index in [0.717, 1.165) is 17.9 Å². The van der Waals surface area contributed by atoms with Crippen LogP contribution in [0.3, 0.4) is 0 Å². The lowest BCUT2D eigenvalue weighted by molar-refractivity contribution is 0.218. The monoisotopic (exact) mass is 236 g/mol. The zero-order chi connectivity index (χ0) is 12.3. The molecule has 1 N–H and O–H groups in total. The molecule has 1 heterocycles. The van der Waals surface area contributed by atoms with Crippen molar-refractivity contribution >= 4 is 0 Å². The summed E-state index contributed by atoms with van der Waals surface area (Å²) in [5.74, 6) is 1.65. The van der Waals surface area contributed by atoms with Crippen molar-refractivity contribution in [1.82, 2.24) is 10.2 Å². The second-order valence-electron chi connectivity index (χ2n) is 6.31. The summed E-state index contributed by atoms with van der Waals surface area (Å²) in [4.78, 5) is 2.45. The zero-order valence-electron chi connectivity index (χ0n) is 11.7. The number of rotatable bonds is 3. The van der Waals surface area contributed by atoms with Crippen molar-refractivity contribution in [3.05, 3.63) is 11.6 Å². The first-order valence-corrected chi connectivity index (χ1v) is 7.22. The van der Waals surface area contributed by atoms with Crippen molar-refractivity contribution < 1.29 is 0 Å². The maximum atomic E-state index is 3.79. The Morgan fingerprint density at radius 3 is 3.00 bits per heavy atom. The smallest absolute Gasteiger partial charge is 0.0195 e. The minimum absolute atomic E-state index is 0.732. The van der Waals surface area contributed by atoms with Crippen LogP contribution in [0, 0.1) is 11.8 Å². The molecular formula is C15H28N2. The standard InChI is InChI=1S/C15H28N2/c1-12-7-13(2)9-14(8-12)10-16-15-5-4-6-17(3)11-15/h7,12,14-16H,4-6,8-11H2,1-3H3. The molecule has 0 saturated carbocycles. The largest absolute Gasteiger partial charge is 0.312 e. The van der Waals surface area contributed by atoms with Crippen LogP contribution in [0.15, 0.2) is 11.6 Å². The summed E-state index contributed by atoms with van der Waals surface area (Å²) in [6, 6.07) is 0.732. The fraction of sp³-hybridized carbons (Fsp3) is 0.867. The van der Waals surface area contributed by atoms with Crippen molar-refractivity contribution in [2.24, 2.45) is 11.8 Å². The van der Waals surface area contributed by atoms with E-state index in [1.807, 2.05) is 0 Å². The van der Waals surface area contributed by atoms with Gasteiger partial charge in [0.2, 0.25) is 0 Å². The minimum Gasteiger partial charge on any atom is -0.312 e. The fourth-order valence-corrected chi connectivity index (χ4v) is 3.51. The molecule has 3 atom stereocenters. The minimum atomic E-state index is 0.732. The number of piperidine rings is 1. The molecule has 1 aliphatic carbocycles. The van der Waals surface area contributed by atoms with Gasteiger partial charge in [-0.1, -0.05) is 18.6 Å². The van der Waals surface area contributed by atoms with Crippen molar-refractivity contribution in [2.45, 2.75) is 45.6 Å². The van der Waals surface area contributed by atoms with Crippen molar-refractivity contribution in [1.29, 1.82) is 0 Å². The highest BCUT2D eigenvalue weighted by molar-refractivity contribution is 5.06. The van der Waals surface area contributed by atoms with Crippen LogP contribution in [-0.4, -0.2) is 37.6 Å². The summed E-state index contributed by atoms with van der Waals surface area (Å²) >= 11 is 0. The van der Waals surface area contributed by atoms with Gasteiger partial charge in [-0.2, -0.15) is 0 Å². The molecule has 0 aromatic rings. The predicted octanol–water partition coefficient (Wildman–Crippen LogP) is 2.66. The Kier molecular flexibility index (Phi) is 4.63. The highest BCUT2D eigenvalue weighted by atomic mass is 15.1. The Hall–Kier alpha value is -0.340. The first-order chi connectivity index (χ1) is 8.13. The SMILES string of the molecule is CC1=CC(C)CC(CNC2CCCN(C)C2)C1. The molecule has 2 rings (SSSR count). The van der Waals surface area contributed by atoms with Crippen LogP contribution in [0.4, 0.5) is 0 Å². The topological polar surface area (TPSA) is 15.3 Å². The van der Waals surface area contributed by atoms with Gasteiger partial charge in [-0.25, -0.2) is 0 Å². The quantitative estimate of drug-likeness (QED) is 0.758. The Morgan fingerprint density at radius 2 is 2.29 bits per heavy atom. The van der Waals surface area contributed by atoms with Crippen LogP contribution in [-0.2, 0) is 0 Å². The zero-order valence-corrected chi connectivity index (χ0v) is 11.7. The molecule has 0 bridgehead atoms. The Bertz CT molecular complexity index is 272. The Morgan fingerprint density at radius 1 is 1.47 bits per heavy atom. The molecule has 17 heavy (non-hydrogen) atoms. The molecule has 1 aliphatic heterocycles. The van der Waals surface area contributed by atoms with Gasteiger partial charge in [0.15, 0.2) is 0 Å². The van der Waals surface area contributed by atoms with Gasteiger partial charge in [0.1, 0.15) is 0 Å². The molecule has 0 aromatic heterocycles. The molecule has 0 radical (unpaired) electrons. The van der Waals surface area contributed by atoms with Crippen molar-refractivity contribution in [3.8, 4) is 0 Å². The Balaban J connectivity index is 1.73. The van der Waals surface area contributed by atoms with Gasteiger partial charge in [-0.3, -0.25) is 0 Å². The maximum Gasteiger partial charge on any atom is 0.0195 e. The van der Waals surface area contributed by atoms with E-state index in [1.165, 1.54) is 45.3 Å². The van der Waals surface area contributed by atoms with Crippen LogP contribution in [0.5, 0.6) is 0 Å². The summed E-state index contributed by atoms with van der Waals surface area (Å²) in [5, 5.41) is 3.79. The first-order valence-electron chi connectivity index (χ1n) is 7.22. The number of hydrogen-bond acceptors (Lipinski definition) is 2. The van der Waals surface area contributed by atoms with Gasteiger partial charge in [0.25, 0.3) is 0 Å². The molecule has 0 amide bonds. The number of allylic oxidation sites excluding steroid dienone is 2. The molecule has 2 heteroatoms. The first kappa shape index (κ1) is 13.1. The second kappa shape index (κ2) is 6.01. The molecule has 1 saturated heterocycles. The third kappa shape index (κ3) is 4.11. The van der Waals surface area contributed by atoms with Crippen molar-refractivity contribution in [3.63, 3.8) is 0 Å². The number of hydrogen-bond donors (Lipinski definition) is 1. The number of nitrogens with zero attached hydrogens (tertiary/aromatic N) is 1. The van der Waals surface area contributed by atoms with Gasteiger partial charge in [0.05, 0.1) is 0 Å². The van der Waals surface area contributed by atoms with E-state index in [9.17, 15) is 0 Å². The highest BCUT2D eigenvalue weighted by Gasteiger charge is 2.21. The molecular weight excluding hydrogens is 208 g/mol. The molecule has 1 fully saturated rings. The van der Waals surface area contributed by atoms with Crippen LogP contribution in [0.2, 0.25) is 0 Å². The average Bonchev–Trinajstić information content (AvgIpc) is 2.25. The van der Waals surface area contributed by atoms with Crippen molar-refractivity contribution in [2.75, 3.05) is 26.7 Å². The van der Waals surface area contributed by atoms with Crippen LogP contribution in [0.1, 0.15) is 39.5 Å². The van der Waals surface area contributed by atoms with E-state index in [2.05, 4.69) is 37.2 Å². The van der Waals surface area contributed by atoms with E-state index < -0.39 is 0 Å². The summed E-state index contributed by atoms with van der Waals surface area (Å²) < 4.78 is 0. The molecule has 0 spiro atoms. The molecule has 3 unspecified atom stereocenters. The van der Waals surface area contributed by atoms with Crippen LogP contribution >= 0.6 is 0 Å². The van der Waals surface area contributed by atoms with Gasteiger partial charge in [-0.15, -0.1) is 0 Å². The molecule has 2 aliphatic rings. The maximum absolute atomic E-state index is 3.79. The molecule has 2 nitrogen and oxygen atoms in total. The molecule has 0 aromatic carbocycles. The normalized spacial score (nSPS) is 35.7. The lowest BCUT2D eigenvalue weighted by atomic mass is 9.83. The summed E-state index contributed by atoms with van der Waals surface area (Å²) in [5.41, 5.74) is 1.59. The van der Waals surface area contributed by atoms with Gasteiger partial charge >= 0.3 is 0 Å². The van der Waals surface area contributed by atoms with Gasteiger partial charge in [-0.05, 0) is 64.6 Å². The summed E-state index contributed by atoms with van der Waals surface area (Å²) in [6.45, 7) is 8.37. The third-order valence-corrected chi connectivity index (χ3v) is 4.20. The highest BCUT2D eigenvalue weighted by Crippen LogP contribution is 2.27. The third-order valence-electron chi connectivity index (χ3n) is 4.20. The number of likely N-dealkylation sites (N-methyl/N-ethyl adjacent to an activating group) is 1. The lowest BCUT2D eigenvalue weighted by Crippen LogP contribution is -2.45. The molecule has 98 valence electrons. The van der Waals surface area contributed by atoms with E-state index in [4.69, 9.17) is 0 Å². The fourth-order valence-electron chi connectivity index (χ4n) is 3.51. The summed E-state index contributed by atoms with van der Waals surface area (Å²) in [7, 11) is 2.24. The van der Waals surface area contributed by atoms with Gasteiger partial charge < -0.3 is 10.2 Å². The Labute approximate surface area is 106 Å². The van der Waals surface area contributed by atoms with E-state index in [1.54, 1.807) is 5.57 Å². The van der Waals surface area contributed by atoms with Gasteiger partial charge in [0, 0.05) is 12.6 Å². The van der Waals surface area contributed by atoms with Crippen LogP contribution < -0.4 is 5.32 Å². The van der Waals surface area contributed by atoms with E-state index in [-0.39, 0.29) is 0 Å². The lowest BCUT2D eigenvalue weighted by Gasteiger charge is -2.33. The van der Waals surface area contributed by atoms with Crippen LogP contribution in [0.25, 0.3) is 0 Å². The summed E-state index contributed by atoms with van der Waals surface area (Å²) in [6.07, 6.45) is 7.84.